The number of nitrogens with zero attached hydrogens (tertiary/aromatic N) is 3. The van der Waals surface area contributed by atoms with E-state index in [4.69, 9.17) is 9.47 Å². The largest absolute Gasteiger partial charge is 0.474 e. The van der Waals surface area contributed by atoms with Gasteiger partial charge in [-0.05, 0) is 12.8 Å². The molecule has 0 spiro atoms. The van der Waals surface area contributed by atoms with Crippen molar-refractivity contribution in [2.24, 2.45) is 0 Å². The lowest BCUT2D eigenvalue weighted by atomic mass is 10.1. The van der Waals surface area contributed by atoms with Crippen LogP contribution >= 0.6 is 37.4 Å². The molecule has 23 heavy (non-hydrogen) atoms. The topological polar surface area (TPSA) is 91.0 Å². The summed E-state index contributed by atoms with van der Waals surface area (Å²) in [6, 6.07) is 0. The fourth-order valence-corrected chi connectivity index (χ4v) is 2.80. The Bertz CT molecular complexity index is 493. The van der Waals surface area contributed by atoms with Gasteiger partial charge in [-0.15, -0.1) is 37.4 Å². The minimum Gasteiger partial charge on any atom is -0.474 e. The molecule has 2 aliphatic heterocycles. The van der Waals surface area contributed by atoms with Crippen LogP contribution in [0.1, 0.15) is 17.9 Å². The fraction of sp³-hybridized carbons (Fsp3) is 0.692. The lowest BCUT2D eigenvalue weighted by Crippen LogP contribution is -2.44. The molecule has 0 saturated carbocycles. The third-order valence-corrected chi connectivity index (χ3v) is 3.90. The number of aromatic nitrogens is 2. The Kier molecular flexibility index (Phi) is 10.1. The maximum Gasteiger partial charge on any atom is 0.184 e. The molecule has 0 radical (unpaired) electrons. The highest BCUT2D eigenvalue weighted by Gasteiger charge is 2.27. The maximum atomic E-state index is 5.89. The monoisotopic (exact) mass is 386 g/mol. The molecule has 1 atom stereocenters. The van der Waals surface area contributed by atoms with Crippen LogP contribution in [0, 0.1) is 0 Å². The van der Waals surface area contributed by atoms with Crippen molar-refractivity contribution in [1.29, 1.82) is 0 Å². The Labute approximate surface area is 154 Å². The molecular weight excluding hydrogens is 363 g/mol. The summed E-state index contributed by atoms with van der Waals surface area (Å²) in [4.78, 5) is 11.4. The highest BCUT2D eigenvalue weighted by Crippen LogP contribution is 2.35. The van der Waals surface area contributed by atoms with Gasteiger partial charge in [0, 0.05) is 33.3 Å². The zero-order valence-electron chi connectivity index (χ0n) is 12.9. The van der Waals surface area contributed by atoms with Crippen molar-refractivity contribution in [3.8, 4) is 5.75 Å². The molecule has 3 N–H and O–H groups in total. The molecule has 0 aromatic carbocycles. The Balaban J connectivity index is 0.00000161. The van der Waals surface area contributed by atoms with E-state index in [9.17, 15) is 0 Å². The molecule has 1 fully saturated rings. The molecule has 1 aromatic heterocycles. The summed E-state index contributed by atoms with van der Waals surface area (Å²) < 4.78 is 11.1. The van der Waals surface area contributed by atoms with Crippen molar-refractivity contribution in [3.63, 3.8) is 0 Å². The lowest BCUT2D eigenvalue weighted by Gasteiger charge is -2.32. The second-order valence-electron chi connectivity index (χ2n) is 5.02. The van der Waals surface area contributed by atoms with Crippen LogP contribution in [0.15, 0.2) is 0 Å². The molecule has 1 aromatic rings. The summed E-state index contributed by atoms with van der Waals surface area (Å²) in [5, 5.41) is 3.35. The Hall–Kier alpha value is -0.510. The van der Waals surface area contributed by atoms with Gasteiger partial charge in [-0.25, -0.2) is 9.97 Å². The van der Waals surface area contributed by atoms with E-state index in [2.05, 4.69) is 32.8 Å². The summed E-state index contributed by atoms with van der Waals surface area (Å²) >= 11 is 4.43. The first-order chi connectivity index (χ1) is 9.78. The van der Waals surface area contributed by atoms with Crippen molar-refractivity contribution in [2.45, 2.75) is 24.9 Å². The number of ether oxygens (including phenoxy) is 2. The molecule has 134 valence electrons. The minimum atomic E-state index is -0.0685. The molecule has 2 aliphatic rings. The van der Waals surface area contributed by atoms with Crippen molar-refractivity contribution in [1.82, 2.24) is 15.3 Å². The Morgan fingerprint density at radius 1 is 1.30 bits per heavy atom. The van der Waals surface area contributed by atoms with Crippen molar-refractivity contribution < 1.29 is 14.9 Å². The van der Waals surface area contributed by atoms with E-state index in [0.29, 0.717) is 6.61 Å². The van der Waals surface area contributed by atoms with Crippen molar-refractivity contribution >= 4 is 43.3 Å². The SMILES string of the molecule is COCc1nc2c(c(N3CCNCC3)n1)OC(S)CC2.Cl.Cl.O. The van der Waals surface area contributed by atoms with E-state index in [-0.39, 0.29) is 35.7 Å². The van der Waals surface area contributed by atoms with E-state index >= 15 is 0 Å². The molecule has 7 nitrogen and oxygen atoms in total. The smallest absolute Gasteiger partial charge is 0.184 e. The number of piperazine rings is 1. The minimum absolute atomic E-state index is 0. The maximum absolute atomic E-state index is 5.89. The van der Waals surface area contributed by atoms with Gasteiger partial charge in [0.25, 0.3) is 0 Å². The van der Waals surface area contributed by atoms with Gasteiger partial charge in [0.05, 0.1) is 5.69 Å². The molecular formula is C13H24Cl2N4O3S. The summed E-state index contributed by atoms with van der Waals surface area (Å²) in [5.74, 6) is 2.42. The number of rotatable bonds is 3. The van der Waals surface area contributed by atoms with Crippen LogP contribution in [0.5, 0.6) is 5.75 Å². The first-order valence-electron chi connectivity index (χ1n) is 6.97. The molecule has 1 saturated heterocycles. The zero-order chi connectivity index (χ0) is 13.9. The van der Waals surface area contributed by atoms with E-state index < -0.39 is 0 Å². The first-order valence-corrected chi connectivity index (χ1v) is 7.48. The molecule has 3 rings (SSSR count). The highest BCUT2D eigenvalue weighted by atomic mass is 35.5. The number of hydrogen-bond donors (Lipinski definition) is 2. The third-order valence-electron chi connectivity index (χ3n) is 3.54. The van der Waals surface area contributed by atoms with Crippen LogP contribution in [0.25, 0.3) is 0 Å². The highest BCUT2D eigenvalue weighted by molar-refractivity contribution is 7.80. The predicted molar refractivity (Wildman–Crippen MR) is 97.7 cm³/mol. The van der Waals surface area contributed by atoms with Gasteiger partial charge in [-0.2, -0.15) is 0 Å². The number of anilines is 1. The fourth-order valence-electron chi connectivity index (χ4n) is 2.56. The standard InChI is InChI=1S/C13H20N4O2S.2ClH.H2O/c1-18-8-10-15-9-2-3-11(20)19-12(9)13(16-10)17-6-4-14-5-7-17;;;/h11,14,20H,2-8H2,1H3;2*1H;1H2. The first kappa shape index (κ1) is 22.5. The van der Waals surface area contributed by atoms with Gasteiger partial charge in [-0.1, -0.05) is 0 Å². The Morgan fingerprint density at radius 3 is 2.65 bits per heavy atom. The quantitative estimate of drug-likeness (QED) is 0.740. The summed E-state index contributed by atoms with van der Waals surface area (Å²) in [6.07, 6.45) is 1.75. The van der Waals surface area contributed by atoms with E-state index in [1.807, 2.05) is 0 Å². The van der Waals surface area contributed by atoms with Crippen molar-refractivity contribution in [3.05, 3.63) is 11.5 Å². The van der Waals surface area contributed by atoms with Crippen LogP contribution in [0.2, 0.25) is 0 Å². The van der Waals surface area contributed by atoms with Gasteiger partial charge in [0.2, 0.25) is 0 Å². The van der Waals surface area contributed by atoms with Crippen LogP contribution < -0.4 is 15.0 Å². The average molecular weight is 387 g/mol. The summed E-state index contributed by atoms with van der Waals surface area (Å²) in [6.45, 7) is 4.20. The zero-order valence-corrected chi connectivity index (χ0v) is 15.5. The number of nitrogens with one attached hydrogen (secondary N) is 1. The van der Waals surface area contributed by atoms with Crippen LogP contribution in [-0.4, -0.2) is 54.2 Å². The third kappa shape index (κ3) is 5.23. The second kappa shape index (κ2) is 10.4. The Morgan fingerprint density at radius 2 is 2.00 bits per heavy atom. The number of aryl methyl sites for hydroxylation is 1. The molecule has 0 bridgehead atoms. The summed E-state index contributed by atoms with van der Waals surface area (Å²) in [7, 11) is 1.66. The van der Waals surface area contributed by atoms with Crippen LogP contribution in [-0.2, 0) is 17.8 Å². The van der Waals surface area contributed by atoms with Gasteiger partial charge >= 0.3 is 0 Å². The number of methoxy groups -OCH3 is 1. The van der Waals surface area contributed by atoms with Gasteiger partial charge in [0.1, 0.15) is 12.0 Å². The number of thiol groups is 1. The molecule has 3 heterocycles. The van der Waals surface area contributed by atoms with Gasteiger partial charge in [-0.3, -0.25) is 0 Å². The van der Waals surface area contributed by atoms with Crippen molar-refractivity contribution in [2.75, 3.05) is 38.2 Å². The average Bonchev–Trinajstić information content (AvgIpc) is 2.48. The van der Waals surface area contributed by atoms with E-state index in [1.54, 1.807) is 7.11 Å². The van der Waals surface area contributed by atoms with Gasteiger partial charge < -0.3 is 25.2 Å². The van der Waals surface area contributed by atoms with E-state index in [1.165, 1.54) is 0 Å². The second-order valence-corrected chi connectivity index (χ2v) is 5.60. The van der Waals surface area contributed by atoms with E-state index in [0.717, 1.165) is 62.1 Å². The van der Waals surface area contributed by atoms with Crippen LogP contribution in [0.3, 0.4) is 0 Å². The van der Waals surface area contributed by atoms with Gasteiger partial charge in [0.15, 0.2) is 17.4 Å². The molecule has 10 heteroatoms. The lowest BCUT2D eigenvalue weighted by molar-refractivity contribution is 0.176. The summed E-state index contributed by atoms with van der Waals surface area (Å²) in [5.41, 5.74) is 0.909. The predicted octanol–water partition coefficient (Wildman–Crippen LogP) is 0.632. The normalized spacial score (nSPS) is 19.4. The van der Waals surface area contributed by atoms with Crippen LogP contribution in [0.4, 0.5) is 5.82 Å². The number of fused-ring (bicyclic) bond motifs is 1. The molecule has 1 unspecified atom stereocenters. The molecule has 0 aliphatic carbocycles. The number of hydrogen-bond acceptors (Lipinski definition) is 7. The number of halogens is 2. The molecule has 0 amide bonds.